The molecule has 0 amide bonds. The van der Waals surface area contributed by atoms with Gasteiger partial charge in [-0.2, -0.15) is 8.42 Å². The molecule has 3 N–H and O–H groups in total. The van der Waals surface area contributed by atoms with Gasteiger partial charge in [-0.25, -0.2) is 8.42 Å². The summed E-state index contributed by atoms with van der Waals surface area (Å²) in [5, 5.41) is 2.38. The molecule has 0 bridgehead atoms. The fraction of sp³-hybridized carbons (Fsp3) is 0.250. The third kappa shape index (κ3) is 5.61. The normalized spacial score (nSPS) is 12.0. The molecular weight excluding hydrogens is 380 g/mol. The Morgan fingerprint density at radius 3 is 2.31 bits per heavy atom. The first-order chi connectivity index (χ1) is 12.1. The van der Waals surface area contributed by atoms with Crippen LogP contribution in [0.15, 0.2) is 53.4 Å². The summed E-state index contributed by atoms with van der Waals surface area (Å²) >= 11 is 0. The number of hydrogen-bond donors (Lipinski definition) is 3. The fourth-order valence-corrected chi connectivity index (χ4v) is 3.11. The van der Waals surface area contributed by atoms with Gasteiger partial charge in [-0.15, -0.1) is 0 Å². The number of ether oxygens (including phenoxy) is 1. The minimum Gasteiger partial charge on any atom is -0.473 e. The largest absolute Gasteiger partial charge is 0.473 e. The number of hydrogen-bond acceptors (Lipinski definition) is 6. The number of rotatable bonds is 8. The lowest BCUT2D eigenvalue weighted by Crippen LogP contribution is -2.22. The Labute approximate surface area is 153 Å². The van der Waals surface area contributed by atoms with Gasteiger partial charge >= 0.3 is 0 Å². The fourth-order valence-electron chi connectivity index (χ4n) is 1.90. The van der Waals surface area contributed by atoms with Gasteiger partial charge in [-0.1, -0.05) is 12.1 Å². The Bertz CT molecular complexity index is 972. The van der Waals surface area contributed by atoms with Crippen LogP contribution in [0.2, 0.25) is 0 Å². The molecule has 0 saturated heterocycles. The van der Waals surface area contributed by atoms with Crippen molar-refractivity contribution in [2.75, 3.05) is 16.8 Å². The molecule has 0 radical (unpaired) electrons. The van der Waals surface area contributed by atoms with Crippen LogP contribution in [0.5, 0.6) is 5.75 Å². The SMILES string of the molecule is CC(C)S(=O)(=O)Nc1cccc(NCOc2cccc(S(=O)(=O)O)c2)c1. The average Bonchev–Trinajstić information content (AvgIpc) is 2.54. The lowest BCUT2D eigenvalue weighted by atomic mass is 10.3. The van der Waals surface area contributed by atoms with Crippen molar-refractivity contribution in [3.63, 3.8) is 0 Å². The predicted octanol–water partition coefficient (Wildman–Crippen LogP) is 2.53. The van der Waals surface area contributed by atoms with E-state index in [0.717, 1.165) is 0 Å². The van der Waals surface area contributed by atoms with Crippen LogP contribution in [-0.2, 0) is 20.1 Å². The van der Waals surface area contributed by atoms with Crippen molar-refractivity contribution in [3.8, 4) is 5.75 Å². The maximum Gasteiger partial charge on any atom is 0.294 e. The highest BCUT2D eigenvalue weighted by Gasteiger charge is 2.15. The number of benzene rings is 2. The molecule has 2 aromatic carbocycles. The summed E-state index contributed by atoms with van der Waals surface area (Å²) in [5.74, 6) is 0.254. The Hall–Kier alpha value is -2.30. The van der Waals surface area contributed by atoms with E-state index < -0.39 is 25.4 Å². The van der Waals surface area contributed by atoms with Crippen LogP contribution in [0.25, 0.3) is 0 Å². The molecule has 10 heteroatoms. The molecule has 0 aliphatic carbocycles. The van der Waals surface area contributed by atoms with Gasteiger partial charge in [0, 0.05) is 11.8 Å². The molecule has 142 valence electrons. The second-order valence-corrected chi connectivity index (χ2v) is 9.35. The van der Waals surface area contributed by atoms with E-state index in [2.05, 4.69) is 10.0 Å². The summed E-state index contributed by atoms with van der Waals surface area (Å²) in [5.41, 5.74) is 1.02. The van der Waals surface area contributed by atoms with Crippen molar-refractivity contribution >= 4 is 31.5 Å². The summed E-state index contributed by atoms with van der Waals surface area (Å²) in [6.07, 6.45) is 0. The molecule has 0 unspecified atom stereocenters. The molecule has 0 aliphatic heterocycles. The van der Waals surface area contributed by atoms with Gasteiger partial charge in [0.15, 0.2) is 6.73 Å². The number of anilines is 2. The summed E-state index contributed by atoms with van der Waals surface area (Å²) in [6, 6.07) is 12.1. The van der Waals surface area contributed by atoms with Gasteiger partial charge in [-0.05, 0) is 44.2 Å². The quantitative estimate of drug-likeness (QED) is 0.460. The molecule has 0 aromatic heterocycles. The van der Waals surface area contributed by atoms with Crippen molar-refractivity contribution in [1.29, 1.82) is 0 Å². The lowest BCUT2D eigenvalue weighted by molar-refractivity contribution is 0.345. The van der Waals surface area contributed by atoms with E-state index in [9.17, 15) is 16.8 Å². The smallest absolute Gasteiger partial charge is 0.294 e. The number of sulfonamides is 1. The highest BCUT2D eigenvalue weighted by molar-refractivity contribution is 7.93. The Kier molecular flexibility index (Phi) is 6.11. The van der Waals surface area contributed by atoms with Crippen molar-refractivity contribution in [3.05, 3.63) is 48.5 Å². The molecule has 0 aliphatic rings. The Morgan fingerprint density at radius 2 is 1.65 bits per heavy atom. The first-order valence-electron chi connectivity index (χ1n) is 7.64. The van der Waals surface area contributed by atoms with Crippen LogP contribution in [0.3, 0.4) is 0 Å². The van der Waals surface area contributed by atoms with Crippen molar-refractivity contribution < 1.29 is 26.1 Å². The molecule has 0 saturated carbocycles. The van der Waals surface area contributed by atoms with E-state index >= 15 is 0 Å². The maximum absolute atomic E-state index is 11.9. The molecule has 26 heavy (non-hydrogen) atoms. The third-order valence-corrected chi connectivity index (χ3v) is 5.97. The van der Waals surface area contributed by atoms with Gasteiger partial charge in [0.2, 0.25) is 10.0 Å². The first kappa shape index (κ1) is 20.0. The van der Waals surface area contributed by atoms with Crippen LogP contribution >= 0.6 is 0 Å². The lowest BCUT2D eigenvalue weighted by Gasteiger charge is -2.13. The minimum absolute atomic E-state index is 0.00924. The topological polar surface area (TPSA) is 122 Å². The molecule has 0 spiro atoms. The maximum atomic E-state index is 11.9. The Balaban J connectivity index is 2.00. The first-order valence-corrected chi connectivity index (χ1v) is 10.6. The van der Waals surface area contributed by atoms with Crippen LogP contribution in [0, 0.1) is 0 Å². The molecular formula is C16H20N2O6S2. The van der Waals surface area contributed by atoms with E-state index in [1.807, 2.05) is 0 Å². The standard InChI is InChI=1S/C16H20N2O6S2/c1-12(2)25(19,20)18-14-6-3-5-13(9-14)17-11-24-15-7-4-8-16(10-15)26(21,22)23/h3-10,12,17-18H,11H2,1-2H3,(H,21,22,23). The van der Waals surface area contributed by atoms with E-state index in [-0.39, 0.29) is 17.4 Å². The van der Waals surface area contributed by atoms with Crippen LogP contribution in [-0.4, -0.2) is 33.4 Å². The highest BCUT2D eigenvalue weighted by atomic mass is 32.2. The number of nitrogens with one attached hydrogen (secondary N) is 2. The van der Waals surface area contributed by atoms with Crippen LogP contribution in [0.1, 0.15) is 13.8 Å². The third-order valence-electron chi connectivity index (χ3n) is 3.36. The van der Waals surface area contributed by atoms with E-state index in [1.54, 1.807) is 44.2 Å². The van der Waals surface area contributed by atoms with Crippen LogP contribution in [0.4, 0.5) is 11.4 Å². The van der Waals surface area contributed by atoms with Crippen molar-refractivity contribution in [1.82, 2.24) is 0 Å². The predicted molar refractivity (Wildman–Crippen MR) is 99.5 cm³/mol. The van der Waals surface area contributed by atoms with Crippen molar-refractivity contribution in [2.24, 2.45) is 0 Å². The summed E-state index contributed by atoms with van der Waals surface area (Å²) in [7, 11) is -7.74. The zero-order valence-electron chi connectivity index (χ0n) is 14.2. The molecule has 2 aromatic rings. The van der Waals surface area contributed by atoms with Crippen molar-refractivity contribution in [2.45, 2.75) is 24.0 Å². The van der Waals surface area contributed by atoms with Gasteiger partial charge in [-0.3, -0.25) is 9.27 Å². The molecule has 2 rings (SSSR count). The van der Waals surface area contributed by atoms with E-state index in [4.69, 9.17) is 9.29 Å². The molecule has 0 fully saturated rings. The highest BCUT2D eigenvalue weighted by Crippen LogP contribution is 2.19. The second kappa shape index (κ2) is 7.94. The van der Waals surface area contributed by atoms with Crippen LogP contribution < -0.4 is 14.8 Å². The van der Waals surface area contributed by atoms with E-state index in [0.29, 0.717) is 11.4 Å². The molecule has 8 nitrogen and oxygen atoms in total. The summed E-state index contributed by atoms with van der Waals surface area (Å²) in [4.78, 5) is -0.264. The zero-order chi connectivity index (χ0) is 19.4. The summed E-state index contributed by atoms with van der Waals surface area (Å²) in [6.45, 7) is 3.17. The molecule has 0 heterocycles. The minimum atomic E-state index is -4.30. The van der Waals surface area contributed by atoms with Gasteiger partial charge in [0.05, 0.1) is 15.8 Å². The van der Waals surface area contributed by atoms with Gasteiger partial charge in [0.25, 0.3) is 10.1 Å². The second-order valence-electron chi connectivity index (χ2n) is 5.69. The van der Waals surface area contributed by atoms with E-state index in [1.165, 1.54) is 18.2 Å². The monoisotopic (exact) mass is 400 g/mol. The Morgan fingerprint density at radius 1 is 1.00 bits per heavy atom. The molecule has 0 atom stereocenters. The average molecular weight is 400 g/mol. The van der Waals surface area contributed by atoms with Gasteiger partial charge < -0.3 is 10.1 Å². The zero-order valence-corrected chi connectivity index (χ0v) is 15.8. The van der Waals surface area contributed by atoms with Gasteiger partial charge in [0.1, 0.15) is 5.75 Å². The summed E-state index contributed by atoms with van der Waals surface area (Å²) < 4.78 is 62.9.